The molecule has 0 spiro atoms. The number of aromatic nitrogens is 5. The number of ether oxygens (including phenoxy) is 1. The lowest BCUT2D eigenvalue weighted by Gasteiger charge is -2.10. The number of Topliss-reactive ketones (excluding diaryl/α,β-unsaturated/α-hetero) is 1. The predicted octanol–water partition coefficient (Wildman–Crippen LogP) is 3.96. The molecule has 0 aliphatic heterocycles. The van der Waals surface area contributed by atoms with Gasteiger partial charge in [-0.25, -0.2) is 4.79 Å². The summed E-state index contributed by atoms with van der Waals surface area (Å²) in [7, 11) is 0. The summed E-state index contributed by atoms with van der Waals surface area (Å²) in [4.78, 5) is 26.0. The Morgan fingerprint density at radius 2 is 1.94 bits per heavy atom. The van der Waals surface area contributed by atoms with Crippen molar-refractivity contribution in [3.05, 3.63) is 90.2 Å². The summed E-state index contributed by atoms with van der Waals surface area (Å²) in [6.45, 7) is 7.66. The number of tetrazole rings is 1. The molecule has 0 fully saturated rings. The Kier molecular flexibility index (Phi) is 6.63. The summed E-state index contributed by atoms with van der Waals surface area (Å²) in [6, 6.07) is 14.3. The van der Waals surface area contributed by atoms with Crippen LogP contribution in [0.25, 0.3) is 23.2 Å². The van der Waals surface area contributed by atoms with Crippen LogP contribution in [0.3, 0.4) is 0 Å². The maximum atomic E-state index is 13.1. The van der Waals surface area contributed by atoms with Crippen LogP contribution in [0.1, 0.15) is 27.5 Å². The lowest BCUT2D eigenvalue weighted by atomic mass is 10.1. The van der Waals surface area contributed by atoms with Crippen molar-refractivity contribution in [2.45, 2.75) is 20.4 Å². The first-order chi connectivity index (χ1) is 16.5. The fourth-order valence-corrected chi connectivity index (χ4v) is 3.61. The van der Waals surface area contributed by atoms with Crippen LogP contribution in [0.4, 0.5) is 0 Å². The van der Waals surface area contributed by atoms with Gasteiger partial charge in [-0.3, -0.25) is 4.79 Å². The summed E-state index contributed by atoms with van der Waals surface area (Å²) >= 11 is 0. The highest BCUT2D eigenvalue weighted by atomic mass is 16.5. The van der Waals surface area contributed by atoms with E-state index >= 15 is 0 Å². The highest BCUT2D eigenvalue weighted by molar-refractivity contribution is 6.16. The van der Waals surface area contributed by atoms with Gasteiger partial charge in [0.05, 0.1) is 6.26 Å². The third kappa shape index (κ3) is 4.63. The molecular formula is C25H23N5O4. The molecule has 4 aromatic rings. The molecule has 9 heteroatoms. The van der Waals surface area contributed by atoms with Gasteiger partial charge in [-0.05, 0) is 42.5 Å². The summed E-state index contributed by atoms with van der Waals surface area (Å²) in [5.74, 6) is -0.335. The molecule has 4 rings (SSSR count). The highest BCUT2D eigenvalue weighted by Crippen LogP contribution is 2.22. The van der Waals surface area contributed by atoms with Gasteiger partial charge in [0.15, 0.2) is 18.1 Å². The minimum Gasteiger partial charge on any atom is -0.465 e. The van der Waals surface area contributed by atoms with Gasteiger partial charge in [-0.1, -0.05) is 36.4 Å². The van der Waals surface area contributed by atoms with E-state index in [0.29, 0.717) is 29.3 Å². The van der Waals surface area contributed by atoms with Crippen molar-refractivity contribution in [3.8, 4) is 11.4 Å². The first-order valence-corrected chi connectivity index (χ1v) is 10.6. The normalized spacial score (nSPS) is 11.4. The zero-order valence-electron chi connectivity index (χ0n) is 18.8. The molecule has 0 saturated carbocycles. The van der Waals surface area contributed by atoms with E-state index in [0.717, 1.165) is 11.4 Å². The SMILES string of the molecule is C=CCn1c(C)cc(C(=O)COC(=O)/C(=C\c2ccco2)n2nnnc2-c2ccccc2)c1C. The van der Waals surface area contributed by atoms with E-state index in [2.05, 4.69) is 22.1 Å². The van der Waals surface area contributed by atoms with Gasteiger partial charge in [0.1, 0.15) is 5.76 Å². The number of esters is 1. The van der Waals surface area contributed by atoms with Gasteiger partial charge in [-0.15, -0.1) is 11.7 Å². The number of nitrogens with zero attached hydrogens (tertiary/aromatic N) is 5. The molecule has 0 N–H and O–H groups in total. The van der Waals surface area contributed by atoms with E-state index in [1.54, 1.807) is 24.3 Å². The minimum absolute atomic E-state index is 0.00346. The number of ketones is 1. The Labute approximate surface area is 196 Å². The summed E-state index contributed by atoms with van der Waals surface area (Å²) in [6.07, 6.45) is 4.71. The summed E-state index contributed by atoms with van der Waals surface area (Å²) < 4.78 is 14.0. The van der Waals surface area contributed by atoms with Crippen LogP contribution in [0.15, 0.2) is 71.9 Å². The van der Waals surface area contributed by atoms with Crippen molar-refractivity contribution >= 4 is 23.5 Å². The number of benzene rings is 1. The topological polar surface area (TPSA) is 105 Å². The first-order valence-electron chi connectivity index (χ1n) is 10.6. The zero-order valence-corrected chi connectivity index (χ0v) is 18.8. The number of allylic oxidation sites excluding steroid dienone is 1. The van der Waals surface area contributed by atoms with Crippen molar-refractivity contribution in [3.63, 3.8) is 0 Å². The van der Waals surface area contributed by atoms with Crippen molar-refractivity contribution in [2.75, 3.05) is 6.61 Å². The maximum Gasteiger partial charge on any atom is 0.357 e. The number of carbonyl (C=O) groups excluding carboxylic acids is 2. The molecule has 172 valence electrons. The van der Waals surface area contributed by atoms with Gasteiger partial charge >= 0.3 is 5.97 Å². The van der Waals surface area contributed by atoms with Crippen molar-refractivity contribution in [2.24, 2.45) is 0 Å². The second-order valence-electron chi connectivity index (χ2n) is 7.51. The smallest absolute Gasteiger partial charge is 0.357 e. The Balaban J connectivity index is 1.60. The monoisotopic (exact) mass is 457 g/mol. The Bertz CT molecular complexity index is 1350. The molecular weight excluding hydrogens is 434 g/mol. The highest BCUT2D eigenvalue weighted by Gasteiger charge is 2.23. The van der Waals surface area contributed by atoms with E-state index in [1.165, 1.54) is 17.0 Å². The number of hydrogen-bond donors (Lipinski definition) is 0. The predicted molar refractivity (Wildman–Crippen MR) is 126 cm³/mol. The first kappa shape index (κ1) is 22.7. The Morgan fingerprint density at radius 1 is 1.15 bits per heavy atom. The van der Waals surface area contributed by atoms with Gasteiger partial charge in [0, 0.05) is 35.1 Å². The largest absolute Gasteiger partial charge is 0.465 e. The van der Waals surface area contributed by atoms with Gasteiger partial charge in [0.25, 0.3) is 0 Å². The van der Waals surface area contributed by atoms with Crippen LogP contribution in [0, 0.1) is 13.8 Å². The van der Waals surface area contributed by atoms with Crippen LogP contribution in [0.5, 0.6) is 0 Å². The van der Waals surface area contributed by atoms with Crippen LogP contribution in [-0.2, 0) is 16.1 Å². The molecule has 0 atom stereocenters. The van der Waals surface area contributed by atoms with Crippen LogP contribution >= 0.6 is 0 Å². The number of furan rings is 1. The zero-order chi connectivity index (χ0) is 24.1. The van der Waals surface area contributed by atoms with E-state index in [4.69, 9.17) is 9.15 Å². The lowest BCUT2D eigenvalue weighted by molar-refractivity contribution is -0.136. The van der Waals surface area contributed by atoms with Crippen molar-refractivity contribution in [1.29, 1.82) is 0 Å². The molecule has 0 aliphatic rings. The summed E-state index contributed by atoms with van der Waals surface area (Å²) in [5, 5.41) is 11.7. The number of carbonyl (C=O) groups is 2. The molecule has 9 nitrogen and oxygen atoms in total. The van der Waals surface area contributed by atoms with Crippen molar-refractivity contribution < 1.29 is 18.7 Å². The third-order valence-electron chi connectivity index (χ3n) is 5.28. The molecule has 3 heterocycles. The van der Waals surface area contributed by atoms with E-state index < -0.39 is 12.6 Å². The maximum absolute atomic E-state index is 13.1. The standard InChI is InChI=1S/C25H23N5O4/c1-4-12-29-17(2)14-21(18(29)3)23(31)16-34-25(32)22(15-20-11-8-13-33-20)30-24(26-27-28-30)19-9-6-5-7-10-19/h4-11,13-15H,1,12,16H2,2-3H3/b22-15+. The quantitative estimate of drug-likeness (QED) is 0.162. The fourth-order valence-electron chi connectivity index (χ4n) is 3.61. The number of rotatable bonds is 9. The molecule has 1 aromatic carbocycles. The average molecular weight is 457 g/mol. The summed E-state index contributed by atoms with van der Waals surface area (Å²) in [5.41, 5.74) is 2.92. The molecule has 0 unspecified atom stereocenters. The second-order valence-corrected chi connectivity index (χ2v) is 7.51. The van der Waals surface area contributed by atoms with Crippen LogP contribution in [-0.4, -0.2) is 43.1 Å². The second kappa shape index (κ2) is 9.95. The van der Waals surface area contributed by atoms with Gasteiger partial charge in [-0.2, -0.15) is 4.68 Å². The minimum atomic E-state index is -0.769. The van der Waals surface area contributed by atoms with Crippen LogP contribution in [0.2, 0.25) is 0 Å². The van der Waals surface area contributed by atoms with E-state index in [1.807, 2.05) is 48.7 Å². The van der Waals surface area contributed by atoms with Gasteiger partial charge < -0.3 is 13.7 Å². The molecule has 0 bridgehead atoms. The van der Waals surface area contributed by atoms with E-state index in [9.17, 15) is 9.59 Å². The number of aryl methyl sites for hydroxylation is 1. The van der Waals surface area contributed by atoms with Gasteiger partial charge in [0.2, 0.25) is 5.78 Å². The molecule has 0 radical (unpaired) electrons. The Hall–Kier alpha value is -4.53. The van der Waals surface area contributed by atoms with Crippen molar-refractivity contribution in [1.82, 2.24) is 24.8 Å². The molecule has 0 amide bonds. The molecule has 34 heavy (non-hydrogen) atoms. The van der Waals surface area contributed by atoms with Crippen LogP contribution < -0.4 is 0 Å². The fraction of sp³-hybridized carbons (Fsp3) is 0.160. The Morgan fingerprint density at radius 3 is 2.65 bits per heavy atom. The third-order valence-corrected chi connectivity index (χ3v) is 5.28. The molecule has 0 saturated heterocycles. The lowest BCUT2D eigenvalue weighted by Crippen LogP contribution is -2.19. The molecule has 0 aliphatic carbocycles. The number of hydrogen-bond acceptors (Lipinski definition) is 7. The molecule has 3 aromatic heterocycles. The van der Waals surface area contributed by atoms with E-state index in [-0.39, 0.29) is 11.5 Å². The average Bonchev–Trinajstić information content (AvgIpc) is 3.59.